The third-order valence-electron chi connectivity index (χ3n) is 0. The van der Waals surface area contributed by atoms with Crippen LogP contribution in [0.15, 0.2) is 0 Å². The Hall–Kier alpha value is -0.330. The smallest absolute Gasteiger partial charge is 0.0311 e. The molecule has 0 aromatic heterocycles. The summed E-state index contributed by atoms with van der Waals surface area (Å²) in [5, 5.41) is 9.53. The summed E-state index contributed by atoms with van der Waals surface area (Å²) < 4.78 is 34.1. The van der Waals surface area contributed by atoms with Gasteiger partial charge in [-0.15, -0.1) is 6.10 Å². The highest BCUT2D eigenvalue weighted by molar-refractivity contribution is 7.79. The number of hydrogen-bond acceptors (Lipinski definition) is 5. The molecule has 0 rings (SSSR count). The van der Waals surface area contributed by atoms with Crippen molar-refractivity contribution < 1.29 is 28.1 Å². The second-order valence-electron chi connectivity index (χ2n) is 1.46. The lowest BCUT2D eigenvalue weighted by molar-refractivity contribution is -0.407. The normalized spacial score (nSPS) is 7.23. The van der Waals surface area contributed by atoms with E-state index < -0.39 is 16.5 Å². The Balaban J connectivity index is -0.0000000146. The van der Waals surface area contributed by atoms with Gasteiger partial charge in [0.1, 0.15) is 0 Å². The van der Waals surface area contributed by atoms with Gasteiger partial charge in [-0.1, -0.05) is 13.8 Å². The van der Waals surface area contributed by atoms with Crippen LogP contribution in [-0.2, 0) is 10.4 Å². The van der Waals surface area contributed by atoms with Crippen molar-refractivity contribution in [3.8, 4) is 0 Å². The Kier molecular flexibility index (Phi) is 52.7. The second-order valence-corrected chi connectivity index (χ2v) is 2.27. The van der Waals surface area contributed by atoms with Gasteiger partial charge in [0.25, 0.3) is 0 Å². The van der Waals surface area contributed by atoms with Gasteiger partial charge in [0.15, 0.2) is 0 Å². The van der Waals surface area contributed by atoms with Crippen LogP contribution in [0.2, 0.25) is 0 Å². The van der Waals surface area contributed by atoms with Gasteiger partial charge >= 0.3 is 0 Å². The van der Waals surface area contributed by atoms with Crippen LogP contribution in [0.4, 0.5) is 0 Å². The molecule has 0 unspecified atom stereocenters. The first-order valence-electron chi connectivity index (χ1n) is 2.06. The van der Waals surface area contributed by atoms with Crippen LogP contribution in [0.25, 0.3) is 0 Å². The van der Waals surface area contributed by atoms with Gasteiger partial charge in [0.05, 0.1) is 0 Å². The van der Waals surface area contributed by atoms with E-state index in [-0.39, 0.29) is 23.9 Å². The molecule has 0 amide bonds. The molecule has 0 spiro atoms. The van der Waals surface area contributed by atoms with E-state index in [1.807, 2.05) is 0 Å². The molecule has 10 heteroatoms. The van der Waals surface area contributed by atoms with E-state index in [0.29, 0.717) is 0 Å². The van der Waals surface area contributed by atoms with Crippen LogP contribution in [0, 0.1) is 0 Å². The summed E-state index contributed by atoms with van der Waals surface area (Å²) in [6.07, 6.45) is -0.417. The van der Waals surface area contributed by atoms with Crippen LogP contribution >= 0.6 is 0 Å². The minimum atomic E-state index is -5.17. The van der Waals surface area contributed by atoms with Crippen molar-refractivity contribution in [1.29, 1.82) is 0 Å². The van der Waals surface area contributed by atoms with Gasteiger partial charge in [-0.3, -0.25) is 8.42 Å². The average molecular weight is 227 g/mol. The van der Waals surface area contributed by atoms with Crippen LogP contribution in [0.1, 0.15) is 13.8 Å². The molecule has 0 aliphatic rings. The molecular formula is C3H21N3O6S. The zero-order valence-corrected chi connectivity index (χ0v) is 9.34. The maximum absolute atomic E-state index is 9.53. The van der Waals surface area contributed by atoms with E-state index >= 15 is 0 Å². The molecule has 14 N–H and O–H groups in total. The Morgan fingerprint density at radius 3 is 1.00 bits per heavy atom. The lowest BCUT2D eigenvalue weighted by Gasteiger charge is -2.06. The maximum Gasteiger partial charge on any atom is 0.0311 e. The highest BCUT2D eigenvalue weighted by Crippen LogP contribution is 1.57. The summed E-state index contributed by atoms with van der Waals surface area (Å²) in [7, 11) is -5.17. The first kappa shape index (κ1) is 38.8. The van der Waals surface area contributed by atoms with Crippen LogP contribution in [0.3, 0.4) is 0 Å². The first-order chi connectivity index (χ1) is 3.73. The van der Waals surface area contributed by atoms with Crippen molar-refractivity contribution >= 4 is 10.4 Å². The number of quaternary nitrogens is 3. The molecule has 90 valence electrons. The third kappa shape index (κ3) is 10000. The summed E-state index contributed by atoms with van der Waals surface area (Å²) in [5.41, 5.74) is 0. The topological polar surface area (TPSA) is 244 Å². The van der Waals surface area contributed by atoms with E-state index in [1.54, 1.807) is 13.8 Å². The van der Waals surface area contributed by atoms with Gasteiger partial charge in [0.2, 0.25) is 0 Å². The van der Waals surface area contributed by atoms with E-state index in [4.69, 9.17) is 17.5 Å². The van der Waals surface area contributed by atoms with Gasteiger partial charge in [-0.25, -0.2) is 0 Å². The molecular weight excluding hydrogens is 206 g/mol. The van der Waals surface area contributed by atoms with Gasteiger partial charge in [-0.05, 0) is 0 Å². The minimum absolute atomic E-state index is 0. The molecule has 0 aliphatic carbocycles. The van der Waals surface area contributed by atoms with Crippen molar-refractivity contribution in [3.05, 3.63) is 0 Å². The number of hydrogen-bond donors (Lipinski definition) is 3. The van der Waals surface area contributed by atoms with Crippen molar-refractivity contribution in [2.75, 3.05) is 0 Å². The van der Waals surface area contributed by atoms with E-state index in [0.717, 1.165) is 0 Å². The molecule has 0 aliphatic heterocycles. The monoisotopic (exact) mass is 227 g/mol. The van der Waals surface area contributed by atoms with Crippen molar-refractivity contribution in [2.24, 2.45) is 0 Å². The average Bonchev–Trinajstić information content (AvgIpc) is 1.19. The first-order valence-corrected chi connectivity index (χ1v) is 3.39. The van der Waals surface area contributed by atoms with E-state index in [1.165, 1.54) is 0 Å². The fraction of sp³-hybridized carbons (Fsp3) is 1.00. The minimum Gasteiger partial charge on any atom is -0.852 e. The molecule has 9 nitrogen and oxygen atoms in total. The van der Waals surface area contributed by atoms with Crippen LogP contribution in [-0.4, -0.2) is 29.1 Å². The zero-order valence-electron chi connectivity index (χ0n) is 8.53. The fourth-order valence-corrected chi connectivity index (χ4v) is 0. The summed E-state index contributed by atoms with van der Waals surface area (Å²) in [6, 6.07) is 0. The molecule has 0 fully saturated rings. The molecule has 0 heterocycles. The van der Waals surface area contributed by atoms with Crippen molar-refractivity contribution in [2.45, 2.75) is 20.0 Å². The maximum atomic E-state index is 9.53. The predicted octanol–water partition coefficient (Wildman–Crippen LogP) is -1.28. The molecule has 0 atom stereocenters. The van der Waals surface area contributed by atoms with E-state index in [9.17, 15) is 5.11 Å². The Bertz CT molecular complexity index is 134. The lowest BCUT2D eigenvalue weighted by Crippen LogP contribution is -2.14. The molecule has 0 aromatic carbocycles. The predicted molar refractivity (Wildman–Crippen MR) is 47.2 cm³/mol. The fourth-order valence-electron chi connectivity index (χ4n) is 0. The third-order valence-corrected chi connectivity index (χ3v) is 0. The van der Waals surface area contributed by atoms with Crippen molar-refractivity contribution in [3.63, 3.8) is 0 Å². The van der Waals surface area contributed by atoms with Crippen LogP contribution in [0.5, 0.6) is 0 Å². The largest absolute Gasteiger partial charge is 0.852 e. The Morgan fingerprint density at radius 2 is 1.00 bits per heavy atom. The summed E-state index contributed by atoms with van der Waals surface area (Å²) in [5.74, 6) is 0. The second kappa shape index (κ2) is 17.7. The lowest BCUT2D eigenvalue weighted by atomic mass is 10.5. The molecule has 0 radical (unpaired) electrons. The van der Waals surface area contributed by atoms with Gasteiger partial charge < -0.3 is 38.1 Å². The van der Waals surface area contributed by atoms with E-state index in [2.05, 4.69) is 0 Å². The zero-order chi connectivity index (χ0) is 8.08. The Labute approximate surface area is 77.8 Å². The quantitative estimate of drug-likeness (QED) is 0.336. The summed E-state index contributed by atoms with van der Waals surface area (Å²) >= 11 is 0. The molecule has 0 saturated heterocycles. The molecule has 13 heavy (non-hydrogen) atoms. The number of rotatable bonds is 0. The highest BCUT2D eigenvalue weighted by atomic mass is 32.3. The highest BCUT2D eigenvalue weighted by Gasteiger charge is 1.53. The van der Waals surface area contributed by atoms with Crippen molar-refractivity contribution in [1.82, 2.24) is 18.5 Å². The molecule has 0 bridgehead atoms. The van der Waals surface area contributed by atoms with Gasteiger partial charge in [0, 0.05) is 10.4 Å². The molecule has 0 aromatic rings. The Morgan fingerprint density at radius 1 is 1.00 bits per heavy atom. The SMILES string of the molecule is CC(C)[O-].O.O=S(=O)([O-])[O-].[NH4+].[NH4+].[NH4+]. The van der Waals surface area contributed by atoms with Crippen LogP contribution < -0.4 is 23.6 Å². The summed E-state index contributed by atoms with van der Waals surface area (Å²) in [4.78, 5) is 0. The standard InChI is InChI=1S/C3H7O.3H3N.H2O4S.H2O/c1-3(2)4;;;;1-5(2,3)4;/h3H,1-2H3;3*1H3;(H2,1,2,3,4);1H2/q-1;;;;;/p+1. The van der Waals surface area contributed by atoms with Gasteiger partial charge in [-0.2, -0.15) is 0 Å². The summed E-state index contributed by atoms with van der Waals surface area (Å²) in [6.45, 7) is 3.22. The molecule has 0 saturated carbocycles.